The van der Waals surface area contributed by atoms with Gasteiger partial charge in [-0.1, -0.05) is 23.8 Å². The molecule has 0 saturated carbocycles. The minimum atomic E-state index is -0.474. The first-order valence-corrected chi connectivity index (χ1v) is 8.06. The molecule has 0 aliphatic rings. The van der Waals surface area contributed by atoms with Crippen molar-refractivity contribution in [2.75, 3.05) is 5.32 Å². The van der Waals surface area contributed by atoms with Gasteiger partial charge in [-0.3, -0.25) is 13.9 Å². The van der Waals surface area contributed by atoms with Gasteiger partial charge in [-0.2, -0.15) is 5.26 Å². The summed E-state index contributed by atoms with van der Waals surface area (Å²) in [4.78, 5) is 24.4. The Morgan fingerprint density at radius 2 is 1.73 bits per heavy atom. The summed E-state index contributed by atoms with van der Waals surface area (Å²) in [5.74, 6) is -0.474. The molecule has 1 aromatic heterocycles. The highest BCUT2D eigenvalue weighted by atomic mass is 16.2. The standard InChI is InChI=1S/C20H18N4O2/c1-13-4-7-16(8-5-13)22-19(25)15(12-21)10-14-6-9-17-18(11-14)24(3)20(26)23(17)2/h4-11H,1-3H3,(H,22,25)/b15-10+. The Hall–Kier alpha value is -3.59. The van der Waals surface area contributed by atoms with E-state index in [1.165, 1.54) is 10.6 Å². The number of fused-ring (bicyclic) bond motifs is 1. The lowest BCUT2D eigenvalue weighted by Crippen LogP contribution is -2.19. The van der Waals surface area contributed by atoms with E-state index in [2.05, 4.69) is 5.32 Å². The molecule has 0 saturated heterocycles. The topological polar surface area (TPSA) is 79.8 Å². The lowest BCUT2D eigenvalue weighted by molar-refractivity contribution is -0.112. The van der Waals surface area contributed by atoms with E-state index in [4.69, 9.17) is 0 Å². The molecule has 130 valence electrons. The quantitative estimate of drug-likeness (QED) is 0.585. The second-order valence-corrected chi connectivity index (χ2v) is 6.14. The zero-order valence-electron chi connectivity index (χ0n) is 14.8. The second kappa shape index (κ2) is 6.73. The summed E-state index contributed by atoms with van der Waals surface area (Å²) in [7, 11) is 3.39. The van der Waals surface area contributed by atoms with Crippen LogP contribution in [0.3, 0.4) is 0 Å². The Balaban J connectivity index is 1.93. The molecule has 6 nitrogen and oxygen atoms in total. The Morgan fingerprint density at radius 1 is 1.08 bits per heavy atom. The number of carbonyl (C=O) groups excluding carboxylic acids is 1. The molecule has 0 aliphatic heterocycles. The van der Waals surface area contributed by atoms with Crippen LogP contribution in [0, 0.1) is 18.3 Å². The van der Waals surface area contributed by atoms with E-state index in [1.807, 2.05) is 25.1 Å². The van der Waals surface area contributed by atoms with Crippen LogP contribution in [0.2, 0.25) is 0 Å². The molecule has 3 rings (SSSR count). The number of nitriles is 1. The van der Waals surface area contributed by atoms with Crippen molar-refractivity contribution < 1.29 is 4.79 Å². The first-order chi connectivity index (χ1) is 12.4. The largest absolute Gasteiger partial charge is 0.328 e. The van der Waals surface area contributed by atoms with Crippen LogP contribution < -0.4 is 11.0 Å². The van der Waals surface area contributed by atoms with Crippen LogP contribution in [0.4, 0.5) is 5.69 Å². The molecule has 1 N–H and O–H groups in total. The van der Waals surface area contributed by atoms with Crippen molar-refractivity contribution >= 4 is 28.7 Å². The van der Waals surface area contributed by atoms with Crippen LogP contribution >= 0.6 is 0 Å². The summed E-state index contributed by atoms with van der Waals surface area (Å²) >= 11 is 0. The van der Waals surface area contributed by atoms with Crippen molar-refractivity contribution in [3.05, 3.63) is 69.6 Å². The summed E-state index contributed by atoms with van der Waals surface area (Å²) in [6.45, 7) is 1.96. The third kappa shape index (κ3) is 3.15. The number of carbonyl (C=O) groups is 1. The summed E-state index contributed by atoms with van der Waals surface area (Å²) in [6.07, 6.45) is 1.51. The monoisotopic (exact) mass is 346 g/mol. The predicted molar refractivity (Wildman–Crippen MR) is 102 cm³/mol. The molecule has 0 aliphatic carbocycles. The van der Waals surface area contributed by atoms with Crippen molar-refractivity contribution in [3.63, 3.8) is 0 Å². The number of hydrogen-bond donors (Lipinski definition) is 1. The highest BCUT2D eigenvalue weighted by Gasteiger charge is 2.11. The van der Waals surface area contributed by atoms with Crippen LogP contribution in [-0.4, -0.2) is 15.0 Å². The number of amides is 1. The number of imidazole rings is 1. The Morgan fingerprint density at radius 3 is 2.38 bits per heavy atom. The molecule has 6 heteroatoms. The van der Waals surface area contributed by atoms with E-state index in [1.54, 1.807) is 49.0 Å². The lowest BCUT2D eigenvalue weighted by atomic mass is 10.1. The normalized spacial score (nSPS) is 11.4. The van der Waals surface area contributed by atoms with Crippen LogP contribution in [0.5, 0.6) is 0 Å². The van der Waals surface area contributed by atoms with Crippen molar-refractivity contribution in [2.45, 2.75) is 6.92 Å². The molecule has 0 unspecified atom stereocenters. The maximum atomic E-state index is 12.4. The lowest BCUT2D eigenvalue weighted by Gasteiger charge is -2.05. The maximum Gasteiger partial charge on any atom is 0.328 e. The summed E-state index contributed by atoms with van der Waals surface area (Å²) < 4.78 is 3.09. The van der Waals surface area contributed by atoms with E-state index < -0.39 is 5.91 Å². The molecule has 0 atom stereocenters. The number of hydrogen-bond acceptors (Lipinski definition) is 3. The van der Waals surface area contributed by atoms with Gasteiger partial charge in [0.2, 0.25) is 0 Å². The fraction of sp³-hybridized carbons (Fsp3) is 0.150. The molecule has 0 bridgehead atoms. The van der Waals surface area contributed by atoms with Gasteiger partial charge in [0.1, 0.15) is 11.6 Å². The average molecular weight is 346 g/mol. The first kappa shape index (κ1) is 17.2. The molecule has 26 heavy (non-hydrogen) atoms. The van der Waals surface area contributed by atoms with E-state index in [-0.39, 0.29) is 11.3 Å². The zero-order chi connectivity index (χ0) is 18.8. The smallest absolute Gasteiger partial charge is 0.321 e. The predicted octanol–water partition coefficient (Wildman–Crippen LogP) is 2.73. The number of aryl methyl sites for hydroxylation is 3. The third-order valence-corrected chi connectivity index (χ3v) is 4.28. The molecular formula is C20H18N4O2. The van der Waals surface area contributed by atoms with Gasteiger partial charge >= 0.3 is 5.69 Å². The summed E-state index contributed by atoms with van der Waals surface area (Å²) in [5.41, 5.74) is 3.78. The number of nitrogens with zero attached hydrogens (tertiary/aromatic N) is 3. The van der Waals surface area contributed by atoms with Crippen LogP contribution in [-0.2, 0) is 18.9 Å². The van der Waals surface area contributed by atoms with Crippen molar-refractivity contribution in [2.24, 2.45) is 14.1 Å². The average Bonchev–Trinajstić information content (AvgIpc) is 2.85. The fourth-order valence-electron chi connectivity index (χ4n) is 2.76. The third-order valence-electron chi connectivity index (χ3n) is 4.28. The van der Waals surface area contributed by atoms with Gasteiger partial charge in [-0.15, -0.1) is 0 Å². The molecule has 3 aromatic rings. The Kier molecular flexibility index (Phi) is 4.46. The highest BCUT2D eigenvalue weighted by molar-refractivity contribution is 6.09. The molecule has 2 aromatic carbocycles. The zero-order valence-corrected chi connectivity index (χ0v) is 14.8. The minimum absolute atomic E-state index is 0.00847. The van der Waals surface area contributed by atoms with Gasteiger partial charge in [-0.05, 0) is 42.8 Å². The highest BCUT2D eigenvalue weighted by Crippen LogP contribution is 2.17. The Bertz CT molecular complexity index is 1130. The number of anilines is 1. The number of aromatic nitrogens is 2. The Labute approximate surface area is 150 Å². The van der Waals surface area contributed by atoms with Gasteiger partial charge < -0.3 is 5.32 Å². The molecule has 0 spiro atoms. The van der Waals surface area contributed by atoms with Crippen LogP contribution in [0.1, 0.15) is 11.1 Å². The molecular weight excluding hydrogens is 328 g/mol. The minimum Gasteiger partial charge on any atom is -0.321 e. The van der Waals surface area contributed by atoms with Gasteiger partial charge in [0, 0.05) is 19.8 Å². The SMILES string of the molecule is Cc1ccc(NC(=O)/C(C#N)=C/c2ccc3c(c2)n(C)c(=O)n3C)cc1. The van der Waals surface area contributed by atoms with Crippen molar-refractivity contribution in [1.82, 2.24) is 9.13 Å². The van der Waals surface area contributed by atoms with E-state index in [0.717, 1.165) is 16.6 Å². The van der Waals surface area contributed by atoms with Crippen LogP contribution in [0.15, 0.2) is 52.8 Å². The second-order valence-electron chi connectivity index (χ2n) is 6.14. The molecule has 0 radical (unpaired) electrons. The van der Waals surface area contributed by atoms with Crippen LogP contribution in [0.25, 0.3) is 17.1 Å². The van der Waals surface area contributed by atoms with E-state index in [0.29, 0.717) is 11.3 Å². The van der Waals surface area contributed by atoms with Gasteiger partial charge in [0.05, 0.1) is 11.0 Å². The first-order valence-electron chi connectivity index (χ1n) is 8.06. The number of benzene rings is 2. The number of rotatable bonds is 3. The fourth-order valence-corrected chi connectivity index (χ4v) is 2.76. The van der Waals surface area contributed by atoms with Gasteiger partial charge in [0.15, 0.2) is 0 Å². The molecule has 1 heterocycles. The maximum absolute atomic E-state index is 12.4. The summed E-state index contributed by atoms with van der Waals surface area (Å²) in [5, 5.41) is 12.1. The van der Waals surface area contributed by atoms with E-state index in [9.17, 15) is 14.9 Å². The van der Waals surface area contributed by atoms with E-state index >= 15 is 0 Å². The van der Waals surface area contributed by atoms with Gasteiger partial charge in [0.25, 0.3) is 5.91 Å². The van der Waals surface area contributed by atoms with Gasteiger partial charge in [-0.25, -0.2) is 4.79 Å². The van der Waals surface area contributed by atoms with Crippen molar-refractivity contribution in [1.29, 1.82) is 5.26 Å². The molecule has 1 amide bonds. The summed E-state index contributed by atoms with van der Waals surface area (Å²) in [6, 6.07) is 14.6. The molecule has 0 fully saturated rings. The van der Waals surface area contributed by atoms with Crippen molar-refractivity contribution in [3.8, 4) is 6.07 Å². The number of nitrogens with one attached hydrogen (secondary N) is 1.